The Morgan fingerprint density at radius 3 is 2.42 bits per heavy atom. The molecule has 2 amide bonds. The minimum atomic E-state index is -0.628. The number of nitrogens with one attached hydrogen (secondary N) is 2. The SMILES string of the molecule is CCc1ccc(-c2cc(NC(C)=O)c(=O)n(CC(=O)Nc3ccc(F)c(Cl)c3)n2)cc1. The van der Waals surface area contributed by atoms with Gasteiger partial charge in [0.2, 0.25) is 11.8 Å². The van der Waals surface area contributed by atoms with E-state index in [4.69, 9.17) is 11.6 Å². The summed E-state index contributed by atoms with van der Waals surface area (Å²) in [6, 6.07) is 12.8. The van der Waals surface area contributed by atoms with Crippen LogP contribution in [-0.4, -0.2) is 21.6 Å². The van der Waals surface area contributed by atoms with E-state index in [9.17, 15) is 18.8 Å². The monoisotopic (exact) mass is 442 g/mol. The molecule has 0 unspecified atom stereocenters. The largest absolute Gasteiger partial charge is 0.324 e. The van der Waals surface area contributed by atoms with Crippen LogP contribution in [0.1, 0.15) is 19.4 Å². The van der Waals surface area contributed by atoms with Gasteiger partial charge in [-0.15, -0.1) is 0 Å². The maximum absolute atomic E-state index is 13.3. The number of nitrogens with zero attached hydrogens (tertiary/aromatic N) is 2. The van der Waals surface area contributed by atoms with Gasteiger partial charge >= 0.3 is 0 Å². The van der Waals surface area contributed by atoms with Crippen LogP contribution in [0.5, 0.6) is 0 Å². The van der Waals surface area contributed by atoms with Gasteiger partial charge in [0.05, 0.1) is 10.7 Å². The zero-order chi connectivity index (χ0) is 22.5. The normalized spacial score (nSPS) is 10.6. The molecule has 31 heavy (non-hydrogen) atoms. The molecule has 0 atom stereocenters. The van der Waals surface area contributed by atoms with Gasteiger partial charge in [-0.3, -0.25) is 14.4 Å². The third kappa shape index (κ3) is 5.55. The lowest BCUT2D eigenvalue weighted by molar-refractivity contribution is -0.117. The van der Waals surface area contributed by atoms with Gasteiger partial charge in [0.25, 0.3) is 5.56 Å². The molecule has 2 aromatic carbocycles. The summed E-state index contributed by atoms with van der Waals surface area (Å²) in [5.74, 6) is -1.60. The Bertz CT molecular complexity index is 1190. The van der Waals surface area contributed by atoms with E-state index in [0.717, 1.165) is 28.3 Å². The van der Waals surface area contributed by atoms with Crippen LogP contribution >= 0.6 is 11.6 Å². The van der Waals surface area contributed by atoms with Crippen LogP contribution in [0.25, 0.3) is 11.3 Å². The van der Waals surface area contributed by atoms with Crippen molar-refractivity contribution in [3.8, 4) is 11.3 Å². The molecular weight excluding hydrogens is 423 g/mol. The van der Waals surface area contributed by atoms with Crippen molar-refractivity contribution in [2.75, 3.05) is 10.6 Å². The zero-order valence-electron chi connectivity index (χ0n) is 16.9. The number of carbonyl (C=O) groups is 2. The van der Waals surface area contributed by atoms with Crippen LogP contribution in [-0.2, 0) is 22.6 Å². The van der Waals surface area contributed by atoms with Crippen molar-refractivity contribution in [1.82, 2.24) is 9.78 Å². The molecule has 0 saturated carbocycles. The Morgan fingerprint density at radius 2 is 1.81 bits per heavy atom. The molecule has 0 aliphatic rings. The van der Waals surface area contributed by atoms with Crippen LogP contribution in [0.15, 0.2) is 53.3 Å². The molecule has 0 aliphatic carbocycles. The molecule has 1 aromatic heterocycles. The van der Waals surface area contributed by atoms with Crippen molar-refractivity contribution in [3.63, 3.8) is 0 Å². The second-order valence-electron chi connectivity index (χ2n) is 6.81. The molecule has 3 aromatic rings. The minimum Gasteiger partial charge on any atom is -0.324 e. The number of carbonyl (C=O) groups excluding carboxylic acids is 2. The second kappa shape index (κ2) is 9.53. The summed E-state index contributed by atoms with van der Waals surface area (Å²) < 4.78 is 14.3. The van der Waals surface area contributed by atoms with Gasteiger partial charge in [0.15, 0.2) is 0 Å². The van der Waals surface area contributed by atoms with E-state index in [0.29, 0.717) is 5.69 Å². The maximum atomic E-state index is 13.3. The predicted octanol–water partition coefficient (Wildman–Crippen LogP) is 3.86. The zero-order valence-corrected chi connectivity index (χ0v) is 17.7. The van der Waals surface area contributed by atoms with Crippen molar-refractivity contribution in [3.05, 3.63) is 75.3 Å². The number of anilines is 2. The van der Waals surface area contributed by atoms with Crippen LogP contribution < -0.4 is 16.2 Å². The summed E-state index contributed by atoms with van der Waals surface area (Å²) in [6.45, 7) is 2.90. The van der Waals surface area contributed by atoms with Crippen molar-refractivity contribution < 1.29 is 14.0 Å². The van der Waals surface area contributed by atoms with E-state index >= 15 is 0 Å². The Balaban J connectivity index is 1.93. The number of halogens is 2. The molecule has 9 heteroatoms. The highest BCUT2D eigenvalue weighted by atomic mass is 35.5. The lowest BCUT2D eigenvalue weighted by atomic mass is 10.1. The lowest BCUT2D eigenvalue weighted by Gasteiger charge is -2.12. The summed E-state index contributed by atoms with van der Waals surface area (Å²) >= 11 is 5.73. The fourth-order valence-electron chi connectivity index (χ4n) is 2.89. The Hall–Kier alpha value is -3.52. The van der Waals surface area contributed by atoms with Crippen molar-refractivity contribution in [2.24, 2.45) is 0 Å². The maximum Gasteiger partial charge on any atom is 0.291 e. The molecular formula is C22H20ClFN4O3. The molecule has 0 spiro atoms. The molecule has 1 heterocycles. The molecule has 7 nitrogen and oxygen atoms in total. The van der Waals surface area contributed by atoms with Gasteiger partial charge in [-0.2, -0.15) is 5.10 Å². The van der Waals surface area contributed by atoms with Crippen LogP contribution in [0, 0.1) is 5.82 Å². The Morgan fingerprint density at radius 1 is 1.10 bits per heavy atom. The molecule has 0 bridgehead atoms. The first-order valence-electron chi connectivity index (χ1n) is 9.50. The van der Waals surface area contributed by atoms with Crippen LogP contribution in [0.4, 0.5) is 15.8 Å². The number of amides is 2. The number of hydrogen-bond acceptors (Lipinski definition) is 4. The summed E-state index contributed by atoms with van der Waals surface area (Å²) in [5.41, 5.74) is 1.94. The molecule has 3 rings (SSSR count). The first-order chi connectivity index (χ1) is 14.8. The number of aryl methyl sites for hydroxylation is 1. The fraction of sp³-hybridized carbons (Fsp3) is 0.182. The molecule has 2 N–H and O–H groups in total. The lowest BCUT2D eigenvalue weighted by Crippen LogP contribution is -2.32. The topological polar surface area (TPSA) is 93.1 Å². The van der Waals surface area contributed by atoms with Crippen molar-refractivity contribution >= 4 is 34.8 Å². The number of aromatic nitrogens is 2. The highest BCUT2D eigenvalue weighted by Gasteiger charge is 2.14. The Kier molecular flexibility index (Phi) is 6.81. The third-order valence-corrected chi connectivity index (χ3v) is 4.73. The first-order valence-corrected chi connectivity index (χ1v) is 9.88. The standard InChI is InChI=1S/C22H20ClFN4O3/c1-3-14-4-6-15(7-5-14)19-11-20(25-13(2)29)22(31)28(27-19)12-21(30)26-16-8-9-18(24)17(23)10-16/h4-11H,3,12H2,1-2H3,(H,25,29)(H,26,30). The average Bonchev–Trinajstić information content (AvgIpc) is 2.73. The molecule has 0 saturated heterocycles. The second-order valence-corrected chi connectivity index (χ2v) is 7.22. The number of benzene rings is 2. The molecule has 0 radical (unpaired) electrons. The number of hydrogen-bond donors (Lipinski definition) is 2. The molecule has 0 aliphatic heterocycles. The minimum absolute atomic E-state index is 0.00898. The van der Waals surface area contributed by atoms with Crippen LogP contribution in [0.2, 0.25) is 5.02 Å². The van der Waals surface area contributed by atoms with E-state index in [-0.39, 0.29) is 16.4 Å². The van der Waals surface area contributed by atoms with Gasteiger partial charge in [0, 0.05) is 18.2 Å². The van der Waals surface area contributed by atoms with E-state index in [1.165, 1.54) is 25.1 Å². The quantitative estimate of drug-likeness (QED) is 0.606. The molecule has 0 fully saturated rings. The summed E-state index contributed by atoms with van der Waals surface area (Å²) in [4.78, 5) is 36.7. The van der Waals surface area contributed by atoms with Crippen molar-refractivity contribution in [2.45, 2.75) is 26.8 Å². The average molecular weight is 443 g/mol. The van der Waals surface area contributed by atoms with Gasteiger partial charge in [0.1, 0.15) is 18.0 Å². The Labute approximate surface area is 182 Å². The predicted molar refractivity (Wildman–Crippen MR) is 118 cm³/mol. The third-order valence-electron chi connectivity index (χ3n) is 4.44. The summed E-state index contributed by atoms with van der Waals surface area (Å²) in [7, 11) is 0. The van der Waals surface area contributed by atoms with Gasteiger partial charge in [-0.25, -0.2) is 9.07 Å². The van der Waals surface area contributed by atoms with E-state index < -0.39 is 29.7 Å². The first kappa shape index (κ1) is 22.2. The summed E-state index contributed by atoms with van der Waals surface area (Å²) in [5, 5.41) is 9.17. The molecule has 160 valence electrons. The van der Waals surface area contributed by atoms with Gasteiger partial charge in [-0.05, 0) is 36.2 Å². The van der Waals surface area contributed by atoms with Gasteiger partial charge < -0.3 is 10.6 Å². The van der Waals surface area contributed by atoms with Gasteiger partial charge in [-0.1, -0.05) is 42.8 Å². The van der Waals surface area contributed by atoms with E-state index in [1.54, 1.807) is 0 Å². The van der Waals surface area contributed by atoms with E-state index in [2.05, 4.69) is 15.7 Å². The van der Waals surface area contributed by atoms with E-state index in [1.807, 2.05) is 31.2 Å². The smallest absolute Gasteiger partial charge is 0.291 e. The summed E-state index contributed by atoms with van der Waals surface area (Å²) in [6.07, 6.45) is 0.873. The highest BCUT2D eigenvalue weighted by Crippen LogP contribution is 2.21. The van der Waals surface area contributed by atoms with Crippen LogP contribution in [0.3, 0.4) is 0 Å². The number of rotatable bonds is 6. The highest BCUT2D eigenvalue weighted by molar-refractivity contribution is 6.31. The van der Waals surface area contributed by atoms with Crippen molar-refractivity contribution in [1.29, 1.82) is 0 Å². The fourth-order valence-corrected chi connectivity index (χ4v) is 3.07.